The third-order valence-corrected chi connectivity index (χ3v) is 2.18. The molecule has 1 radical (unpaired) electrons. The summed E-state index contributed by atoms with van der Waals surface area (Å²) in [5.74, 6) is 0. The summed E-state index contributed by atoms with van der Waals surface area (Å²) >= 11 is 1.86. The zero-order chi connectivity index (χ0) is 6.41. The van der Waals surface area contributed by atoms with E-state index in [1.54, 1.807) is 0 Å². The zero-order valence-corrected chi connectivity index (χ0v) is 6.21. The fraction of sp³-hybridized carbons (Fsp3) is 0.571. The standard InChI is InChI=1S/C7H13S/c1-4-6-7(5-2)8-3/h4,7H,1-2,5-6H2,3H3. The van der Waals surface area contributed by atoms with Gasteiger partial charge in [-0.05, 0) is 19.1 Å². The average molecular weight is 129 g/mol. The molecule has 0 rings (SSSR count). The van der Waals surface area contributed by atoms with Crippen LogP contribution >= 0.6 is 11.8 Å². The van der Waals surface area contributed by atoms with Crippen molar-refractivity contribution in [3.63, 3.8) is 0 Å². The molecule has 47 valence electrons. The highest BCUT2D eigenvalue weighted by molar-refractivity contribution is 7.99. The Morgan fingerprint density at radius 3 is 2.50 bits per heavy atom. The zero-order valence-electron chi connectivity index (χ0n) is 5.39. The lowest BCUT2D eigenvalue weighted by Crippen LogP contribution is -1.96. The van der Waals surface area contributed by atoms with E-state index >= 15 is 0 Å². The molecule has 1 unspecified atom stereocenters. The van der Waals surface area contributed by atoms with Crippen molar-refractivity contribution >= 4 is 11.8 Å². The third-order valence-electron chi connectivity index (χ3n) is 1.08. The molecule has 0 bridgehead atoms. The minimum absolute atomic E-state index is 0.687. The van der Waals surface area contributed by atoms with E-state index in [2.05, 4.69) is 19.8 Å². The van der Waals surface area contributed by atoms with Gasteiger partial charge in [-0.15, -0.1) is 6.58 Å². The predicted molar refractivity (Wildman–Crippen MR) is 42.1 cm³/mol. The molecule has 0 aromatic heterocycles. The fourth-order valence-electron chi connectivity index (χ4n) is 0.518. The molecule has 0 aliphatic carbocycles. The van der Waals surface area contributed by atoms with E-state index in [1.165, 1.54) is 0 Å². The van der Waals surface area contributed by atoms with E-state index in [-0.39, 0.29) is 0 Å². The Labute approximate surface area is 56.4 Å². The molecule has 0 fully saturated rings. The molecule has 0 aliphatic rings. The molecule has 0 saturated carbocycles. The molecule has 1 heteroatoms. The van der Waals surface area contributed by atoms with Gasteiger partial charge in [0.15, 0.2) is 0 Å². The van der Waals surface area contributed by atoms with Gasteiger partial charge in [-0.2, -0.15) is 11.8 Å². The second-order valence-electron chi connectivity index (χ2n) is 1.67. The van der Waals surface area contributed by atoms with Crippen molar-refractivity contribution in [1.29, 1.82) is 0 Å². The molecule has 0 N–H and O–H groups in total. The smallest absolute Gasteiger partial charge is 0.00786 e. The van der Waals surface area contributed by atoms with Crippen molar-refractivity contribution in [2.24, 2.45) is 0 Å². The molecular weight excluding hydrogens is 116 g/mol. The Bertz CT molecular complexity index is 55.4. The molecule has 0 aliphatic heterocycles. The van der Waals surface area contributed by atoms with Crippen molar-refractivity contribution in [3.05, 3.63) is 19.6 Å². The highest BCUT2D eigenvalue weighted by atomic mass is 32.2. The van der Waals surface area contributed by atoms with Gasteiger partial charge in [-0.3, -0.25) is 0 Å². The van der Waals surface area contributed by atoms with E-state index in [0.717, 1.165) is 12.8 Å². The molecule has 1 atom stereocenters. The summed E-state index contributed by atoms with van der Waals surface area (Å²) in [7, 11) is 0. The van der Waals surface area contributed by atoms with Gasteiger partial charge < -0.3 is 0 Å². The van der Waals surface area contributed by atoms with Crippen molar-refractivity contribution in [2.75, 3.05) is 6.26 Å². The van der Waals surface area contributed by atoms with Crippen LogP contribution in [0.2, 0.25) is 0 Å². The maximum Gasteiger partial charge on any atom is 0.00786 e. The van der Waals surface area contributed by atoms with Crippen LogP contribution < -0.4 is 0 Å². The monoisotopic (exact) mass is 129 g/mol. The Morgan fingerprint density at radius 1 is 1.75 bits per heavy atom. The lowest BCUT2D eigenvalue weighted by Gasteiger charge is -2.05. The van der Waals surface area contributed by atoms with Crippen LogP contribution in [0.4, 0.5) is 0 Å². The maximum absolute atomic E-state index is 3.81. The van der Waals surface area contributed by atoms with Crippen molar-refractivity contribution in [2.45, 2.75) is 18.1 Å². The Balaban J connectivity index is 3.20. The Kier molecular flexibility index (Phi) is 5.29. The molecule has 0 amide bonds. The average Bonchev–Trinajstić information content (AvgIpc) is 1.83. The summed E-state index contributed by atoms with van der Waals surface area (Å²) in [6.07, 6.45) is 6.16. The molecular formula is C7H13S. The van der Waals surface area contributed by atoms with Crippen LogP contribution in [0.15, 0.2) is 12.7 Å². The first-order chi connectivity index (χ1) is 3.85. The number of rotatable bonds is 4. The summed E-state index contributed by atoms with van der Waals surface area (Å²) in [6.45, 7) is 7.46. The number of thioether (sulfide) groups is 1. The van der Waals surface area contributed by atoms with Crippen LogP contribution in [0.25, 0.3) is 0 Å². The van der Waals surface area contributed by atoms with Crippen LogP contribution in [0.5, 0.6) is 0 Å². The van der Waals surface area contributed by atoms with E-state index < -0.39 is 0 Å². The minimum Gasteiger partial charge on any atom is -0.162 e. The van der Waals surface area contributed by atoms with E-state index in [0.29, 0.717) is 5.25 Å². The SMILES string of the molecule is [CH2]CC(CC=C)SC. The van der Waals surface area contributed by atoms with Crippen LogP contribution in [0.1, 0.15) is 12.8 Å². The molecule has 0 heterocycles. The van der Waals surface area contributed by atoms with Gasteiger partial charge in [0.1, 0.15) is 0 Å². The van der Waals surface area contributed by atoms with Gasteiger partial charge in [0.2, 0.25) is 0 Å². The van der Waals surface area contributed by atoms with Crippen LogP contribution in [0.3, 0.4) is 0 Å². The third kappa shape index (κ3) is 3.14. The van der Waals surface area contributed by atoms with Crippen LogP contribution in [-0.4, -0.2) is 11.5 Å². The number of hydrogen-bond donors (Lipinski definition) is 0. The highest BCUT2D eigenvalue weighted by Crippen LogP contribution is 2.13. The summed E-state index contributed by atoms with van der Waals surface area (Å²) in [5.41, 5.74) is 0. The first-order valence-electron chi connectivity index (χ1n) is 2.78. The minimum atomic E-state index is 0.687. The molecule has 0 aromatic rings. The predicted octanol–water partition coefficient (Wildman–Crippen LogP) is 2.52. The first-order valence-corrected chi connectivity index (χ1v) is 4.06. The normalized spacial score (nSPS) is 13.2. The summed E-state index contributed by atoms with van der Waals surface area (Å²) in [5, 5.41) is 0.687. The molecule has 0 aromatic carbocycles. The number of hydrogen-bond acceptors (Lipinski definition) is 1. The van der Waals surface area contributed by atoms with Crippen molar-refractivity contribution < 1.29 is 0 Å². The van der Waals surface area contributed by atoms with E-state index in [4.69, 9.17) is 0 Å². The van der Waals surface area contributed by atoms with Gasteiger partial charge in [-0.25, -0.2) is 0 Å². The second-order valence-corrected chi connectivity index (χ2v) is 2.81. The lowest BCUT2D eigenvalue weighted by molar-refractivity contribution is 0.893. The Hall–Kier alpha value is 0.0900. The van der Waals surface area contributed by atoms with Gasteiger partial charge >= 0.3 is 0 Å². The second kappa shape index (κ2) is 5.23. The topological polar surface area (TPSA) is 0 Å². The first kappa shape index (κ1) is 8.09. The molecule has 8 heavy (non-hydrogen) atoms. The van der Waals surface area contributed by atoms with Crippen LogP contribution in [0, 0.1) is 6.92 Å². The summed E-state index contributed by atoms with van der Waals surface area (Å²) in [4.78, 5) is 0. The quantitative estimate of drug-likeness (QED) is 0.526. The largest absolute Gasteiger partial charge is 0.162 e. The molecule has 0 saturated heterocycles. The van der Waals surface area contributed by atoms with Crippen LogP contribution in [-0.2, 0) is 0 Å². The maximum atomic E-state index is 3.81. The van der Waals surface area contributed by atoms with E-state index in [1.807, 2.05) is 17.8 Å². The highest BCUT2D eigenvalue weighted by Gasteiger charge is 1.97. The van der Waals surface area contributed by atoms with Crippen molar-refractivity contribution in [3.8, 4) is 0 Å². The molecule has 0 spiro atoms. The van der Waals surface area contributed by atoms with Gasteiger partial charge in [0.05, 0.1) is 0 Å². The lowest BCUT2D eigenvalue weighted by atomic mass is 10.2. The number of allylic oxidation sites excluding steroid dienone is 1. The van der Waals surface area contributed by atoms with E-state index in [9.17, 15) is 0 Å². The fourth-order valence-corrected chi connectivity index (χ4v) is 1.08. The summed E-state index contributed by atoms with van der Waals surface area (Å²) < 4.78 is 0. The van der Waals surface area contributed by atoms with Crippen molar-refractivity contribution in [1.82, 2.24) is 0 Å². The van der Waals surface area contributed by atoms with Gasteiger partial charge in [-0.1, -0.05) is 13.0 Å². The molecule has 0 nitrogen and oxygen atoms in total. The van der Waals surface area contributed by atoms with Gasteiger partial charge in [0.25, 0.3) is 0 Å². The summed E-state index contributed by atoms with van der Waals surface area (Å²) in [6, 6.07) is 0. The Morgan fingerprint density at radius 2 is 2.38 bits per heavy atom. The van der Waals surface area contributed by atoms with Gasteiger partial charge in [0, 0.05) is 5.25 Å².